The topological polar surface area (TPSA) is 265 Å². The van der Waals surface area contributed by atoms with Crippen molar-refractivity contribution in [3.8, 4) is 0 Å². The largest absolute Gasteiger partial charge is 2.00 e. The van der Waals surface area contributed by atoms with Crippen LogP contribution in [-0.4, -0.2) is 71.1 Å². The van der Waals surface area contributed by atoms with Crippen LogP contribution in [0, 0.1) is 0 Å². The first kappa shape index (κ1) is 33.3. The second kappa shape index (κ2) is 19.6. The number of carbonyl (C=O) groups is 4. The van der Waals surface area contributed by atoms with Gasteiger partial charge in [0, 0.05) is 23.0 Å². The molecule has 0 amide bonds. The zero-order chi connectivity index (χ0) is 22.3. The fourth-order valence-electron chi connectivity index (χ4n) is 0.758. The molecule has 4 atom stereocenters. The number of carboxylic acid groups (broad SMARTS) is 4. The summed E-state index contributed by atoms with van der Waals surface area (Å²) in [5.74, 6) is -4.74. The van der Waals surface area contributed by atoms with Crippen LogP contribution in [-0.2, 0) is 36.0 Å². The van der Waals surface area contributed by atoms with Crippen LogP contribution in [0.4, 0.5) is 0 Å². The van der Waals surface area contributed by atoms with Gasteiger partial charge in [0.25, 0.3) is 0 Å². The minimum Gasteiger partial charge on any atom is -0.548 e. The second-order valence-electron chi connectivity index (χ2n) is 4.84. The number of carboxylic acids is 4. The quantitative estimate of drug-likeness (QED) is 0.118. The van der Waals surface area contributed by atoms with Crippen LogP contribution in [0.1, 0.15) is 2.85 Å². The summed E-state index contributed by atoms with van der Waals surface area (Å²) in [6.45, 7) is 0. The summed E-state index contributed by atoms with van der Waals surface area (Å²) in [6, 6.07) is -4.20. The maximum Gasteiger partial charge on any atom is 2.00 e. The van der Waals surface area contributed by atoms with Crippen molar-refractivity contribution in [3.63, 3.8) is 0 Å². The van der Waals surface area contributed by atoms with E-state index < -0.39 is 48.0 Å². The molecule has 0 rings (SSSR count). The molecule has 0 aromatic rings. The maximum absolute atomic E-state index is 10.1. The molecule has 29 heavy (non-hydrogen) atoms. The Morgan fingerprint density at radius 2 is 0.690 bits per heavy atom. The first-order valence-corrected chi connectivity index (χ1v) is 12.2. The van der Waals surface area contributed by atoms with Crippen molar-refractivity contribution in [1.82, 2.24) is 0 Å². The minimum absolute atomic E-state index is 0. The van der Waals surface area contributed by atoms with E-state index in [1.165, 1.54) is 0 Å². The Bertz CT molecular complexity index is 445. The first-order valence-electron chi connectivity index (χ1n) is 7.24. The molecule has 0 bridgehead atoms. The van der Waals surface area contributed by atoms with E-state index >= 15 is 0 Å². The van der Waals surface area contributed by atoms with E-state index in [-0.39, 0.29) is 42.6 Å². The molecule has 17 heteroatoms. The number of aliphatic carboxylic acids is 4. The van der Waals surface area contributed by atoms with E-state index in [1.54, 1.807) is 0 Å². The summed E-state index contributed by atoms with van der Waals surface area (Å²) in [7, 11) is 4.54. The van der Waals surface area contributed by atoms with Gasteiger partial charge in [-0.2, -0.15) is 0 Å². The fourth-order valence-corrected chi connectivity index (χ4v) is 5.19. The third-order valence-corrected chi connectivity index (χ3v) is 7.32. The molecular weight excluding hydrogens is 515 g/mol. The molecule has 0 saturated carbocycles. The number of nitrogens with two attached hydrogens (primary N) is 4. The van der Waals surface area contributed by atoms with Gasteiger partial charge in [-0.05, 0) is 0 Å². The molecule has 8 N–H and O–H groups in total. The standard InChI is InChI=1S/2C6H12N2O4S2.Co/c2*7-3(5(9)10)1-13-14-2-4(8)6(11)12;/h2*3-4H,1-2,7-8H2,(H,9,10)(H,11,12);/q;;+2/p-2. The van der Waals surface area contributed by atoms with Crippen LogP contribution in [0.2, 0.25) is 0 Å². The van der Waals surface area contributed by atoms with Gasteiger partial charge in [-0.1, -0.05) is 43.2 Å². The Hall–Kier alpha value is -0.374. The molecule has 0 aromatic heterocycles. The zero-order valence-electron chi connectivity index (χ0n) is 16.7. The SMILES string of the molecule is NC(CSSCC(N)C(=O)[O-])C(=O)[O-].NC(CSSCC(N)C(=O)[O-])C(=O)[O-].[Co+2].[H+].[H+]. The van der Waals surface area contributed by atoms with E-state index in [0.717, 1.165) is 43.2 Å². The normalized spacial score (nSPS) is 14.2. The number of carbonyl (C=O) groups excluding carboxylic acids is 4. The van der Waals surface area contributed by atoms with Crippen LogP contribution >= 0.6 is 43.2 Å². The van der Waals surface area contributed by atoms with Gasteiger partial charge in [-0.15, -0.1) is 0 Å². The van der Waals surface area contributed by atoms with Gasteiger partial charge < -0.3 is 62.5 Å². The van der Waals surface area contributed by atoms with Gasteiger partial charge in [0.1, 0.15) is 0 Å². The van der Waals surface area contributed by atoms with Crippen LogP contribution in [0.5, 0.6) is 0 Å². The van der Waals surface area contributed by atoms with Gasteiger partial charge in [0.05, 0.1) is 48.0 Å². The molecule has 0 saturated heterocycles. The van der Waals surface area contributed by atoms with E-state index in [2.05, 4.69) is 0 Å². The Kier molecular flexibility index (Phi) is 22.5. The van der Waals surface area contributed by atoms with Crippen molar-refractivity contribution in [2.45, 2.75) is 24.2 Å². The molecule has 4 unspecified atom stereocenters. The van der Waals surface area contributed by atoms with Crippen LogP contribution in [0.3, 0.4) is 0 Å². The summed E-state index contributed by atoms with van der Waals surface area (Å²) in [5.41, 5.74) is 20.5. The van der Waals surface area contributed by atoms with E-state index in [4.69, 9.17) is 22.9 Å². The molecule has 0 aromatic carbocycles. The zero-order valence-corrected chi connectivity index (χ0v) is 19.0. The molecule has 0 aliphatic heterocycles. The third kappa shape index (κ3) is 20.7. The van der Waals surface area contributed by atoms with E-state index in [9.17, 15) is 39.6 Å². The van der Waals surface area contributed by atoms with Crippen molar-refractivity contribution in [1.29, 1.82) is 0 Å². The first-order chi connectivity index (χ1) is 12.9. The summed E-state index contributed by atoms with van der Waals surface area (Å²) < 4.78 is 0. The Morgan fingerprint density at radius 1 is 0.552 bits per heavy atom. The average Bonchev–Trinajstić information content (AvgIpc) is 2.61. The van der Waals surface area contributed by atoms with Crippen molar-refractivity contribution < 1.29 is 59.2 Å². The number of rotatable bonds is 14. The van der Waals surface area contributed by atoms with Gasteiger partial charge in [0.15, 0.2) is 0 Å². The monoisotopic (exact) mass is 537 g/mol. The molecular formula is C12H22CoN4O8S4. The van der Waals surface area contributed by atoms with Crippen LogP contribution in [0.25, 0.3) is 0 Å². The van der Waals surface area contributed by atoms with Gasteiger partial charge in [-0.25, -0.2) is 0 Å². The average molecular weight is 538 g/mol. The van der Waals surface area contributed by atoms with E-state index in [0.29, 0.717) is 0 Å². The van der Waals surface area contributed by atoms with E-state index in [1.807, 2.05) is 0 Å². The maximum atomic E-state index is 10.1. The van der Waals surface area contributed by atoms with Crippen LogP contribution < -0.4 is 43.4 Å². The molecule has 0 spiro atoms. The Balaban J connectivity index is -0.000000133. The summed E-state index contributed by atoms with van der Waals surface area (Å²) >= 11 is 0. The van der Waals surface area contributed by atoms with Crippen molar-refractivity contribution >= 4 is 67.1 Å². The molecule has 171 valence electrons. The van der Waals surface area contributed by atoms with Crippen molar-refractivity contribution in [2.75, 3.05) is 23.0 Å². The number of hydrogen-bond donors (Lipinski definition) is 4. The molecule has 0 fully saturated rings. The van der Waals surface area contributed by atoms with Crippen LogP contribution in [0.15, 0.2) is 0 Å². The third-order valence-electron chi connectivity index (χ3n) is 2.37. The van der Waals surface area contributed by atoms with Crippen molar-refractivity contribution in [3.05, 3.63) is 0 Å². The predicted molar refractivity (Wildman–Crippen MR) is 104 cm³/mol. The summed E-state index contributed by atoms with van der Waals surface area (Å²) in [4.78, 5) is 40.6. The molecule has 0 aliphatic carbocycles. The predicted octanol–water partition coefficient (Wildman–Crippen LogP) is -6.73. The minimum atomic E-state index is -1.33. The Labute approximate surface area is 196 Å². The van der Waals surface area contributed by atoms with Crippen molar-refractivity contribution in [2.24, 2.45) is 22.9 Å². The Morgan fingerprint density at radius 3 is 0.793 bits per heavy atom. The molecule has 12 nitrogen and oxygen atoms in total. The van der Waals surface area contributed by atoms with Gasteiger partial charge in [-0.3, -0.25) is 0 Å². The summed E-state index contributed by atoms with van der Waals surface area (Å²) in [5, 5.41) is 40.6. The fraction of sp³-hybridized carbons (Fsp3) is 0.667. The molecule has 0 heterocycles. The molecule has 0 aliphatic rings. The van der Waals surface area contributed by atoms with Gasteiger partial charge in [0.2, 0.25) is 0 Å². The van der Waals surface area contributed by atoms with Gasteiger partial charge >= 0.3 is 19.6 Å². The second-order valence-corrected chi connectivity index (χ2v) is 9.94. The summed E-state index contributed by atoms with van der Waals surface area (Å²) in [6.07, 6.45) is 0. The number of hydrogen-bond acceptors (Lipinski definition) is 16. The smallest absolute Gasteiger partial charge is 0.548 e. The molecule has 1 radical (unpaired) electrons.